The van der Waals surface area contributed by atoms with E-state index < -0.39 is 10.0 Å². The van der Waals surface area contributed by atoms with E-state index in [1.165, 1.54) is 4.31 Å². The van der Waals surface area contributed by atoms with Crippen LogP contribution in [0.15, 0.2) is 24.3 Å². The zero-order valence-electron chi connectivity index (χ0n) is 13.1. The van der Waals surface area contributed by atoms with E-state index in [1.807, 2.05) is 32.9 Å². The summed E-state index contributed by atoms with van der Waals surface area (Å²) in [6, 6.07) is 7.35. The van der Waals surface area contributed by atoms with Crippen LogP contribution in [-0.2, 0) is 14.8 Å². The van der Waals surface area contributed by atoms with Gasteiger partial charge in [0.15, 0.2) is 0 Å². The molecular weight excluding hydrogens is 288 g/mol. The van der Waals surface area contributed by atoms with Gasteiger partial charge in [0.25, 0.3) is 0 Å². The number of amides is 1. The molecule has 0 heterocycles. The molecule has 0 spiro atoms. The standard InChI is InChI=1S/C15H24N2O3S/c1-5-13(3)16-15(18)10-11-17(21(4,19)20)14-9-7-6-8-12(14)2/h6-9,13H,5,10-11H2,1-4H3,(H,16,18). The number of hydrogen-bond donors (Lipinski definition) is 1. The van der Waals surface area contributed by atoms with Gasteiger partial charge in [0.1, 0.15) is 0 Å². The molecule has 0 aliphatic carbocycles. The maximum Gasteiger partial charge on any atom is 0.232 e. The summed E-state index contributed by atoms with van der Waals surface area (Å²) in [7, 11) is -3.42. The van der Waals surface area contributed by atoms with Crippen molar-refractivity contribution in [1.29, 1.82) is 0 Å². The summed E-state index contributed by atoms with van der Waals surface area (Å²) >= 11 is 0. The van der Waals surface area contributed by atoms with Gasteiger partial charge in [0.2, 0.25) is 15.9 Å². The van der Waals surface area contributed by atoms with Crippen LogP contribution < -0.4 is 9.62 Å². The molecule has 118 valence electrons. The Hall–Kier alpha value is -1.56. The Morgan fingerprint density at radius 3 is 2.48 bits per heavy atom. The van der Waals surface area contributed by atoms with Crippen LogP contribution >= 0.6 is 0 Å². The average molecular weight is 312 g/mol. The third-order valence-corrected chi connectivity index (χ3v) is 4.53. The fourth-order valence-electron chi connectivity index (χ4n) is 1.96. The first-order chi connectivity index (χ1) is 9.75. The molecule has 1 rings (SSSR count). The molecule has 0 radical (unpaired) electrons. The normalized spacial score (nSPS) is 12.8. The molecule has 1 atom stereocenters. The number of carbonyl (C=O) groups excluding carboxylic acids is 1. The van der Waals surface area contributed by atoms with Crippen molar-refractivity contribution in [2.45, 2.75) is 39.7 Å². The van der Waals surface area contributed by atoms with E-state index in [-0.39, 0.29) is 24.9 Å². The maximum atomic E-state index is 12.0. The van der Waals surface area contributed by atoms with Gasteiger partial charge in [-0.1, -0.05) is 25.1 Å². The van der Waals surface area contributed by atoms with Gasteiger partial charge in [-0.3, -0.25) is 9.10 Å². The Bertz CT molecular complexity index is 584. The molecule has 21 heavy (non-hydrogen) atoms. The van der Waals surface area contributed by atoms with Crippen molar-refractivity contribution in [3.05, 3.63) is 29.8 Å². The predicted octanol–water partition coefficient (Wildman–Crippen LogP) is 2.07. The summed E-state index contributed by atoms with van der Waals surface area (Å²) in [4.78, 5) is 11.8. The highest BCUT2D eigenvalue weighted by Gasteiger charge is 2.20. The summed E-state index contributed by atoms with van der Waals surface area (Å²) in [5, 5.41) is 2.84. The van der Waals surface area contributed by atoms with Gasteiger partial charge in [-0.05, 0) is 31.9 Å². The molecule has 1 aromatic carbocycles. The molecule has 1 amide bonds. The summed E-state index contributed by atoms with van der Waals surface area (Å²) in [6.45, 7) is 5.91. The smallest absolute Gasteiger partial charge is 0.232 e. The lowest BCUT2D eigenvalue weighted by atomic mass is 10.2. The first-order valence-corrected chi connectivity index (χ1v) is 8.93. The topological polar surface area (TPSA) is 66.5 Å². The molecule has 0 aromatic heterocycles. The number of rotatable bonds is 7. The Kier molecular flexibility index (Phi) is 6.20. The number of benzene rings is 1. The second-order valence-electron chi connectivity index (χ2n) is 5.25. The molecular formula is C15H24N2O3S. The summed E-state index contributed by atoms with van der Waals surface area (Å²) in [5.41, 5.74) is 1.49. The molecule has 6 heteroatoms. The van der Waals surface area contributed by atoms with Crippen molar-refractivity contribution in [3.63, 3.8) is 0 Å². The first kappa shape index (κ1) is 17.5. The van der Waals surface area contributed by atoms with Gasteiger partial charge in [-0.15, -0.1) is 0 Å². The highest BCUT2D eigenvalue weighted by Crippen LogP contribution is 2.22. The zero-order chi connectivity index (χ0) is 16.0. The lowest BCUT2D eigenvalue weighted by Crippen LogP contribution is -2.37. The number of carbonyl (C=O) groups is 1. The van der Waals surface area contributed by atoms with Crippen molar-refractivity contribution >= 4 is 21.6 Å². The summed E-state index contributed by atoms with van der Waals surface area (Å²) < 4.78 is 25.2. The van der Waals surface area contributed by atoms with Gasteiger partial charge in [-0.25, -0.2) is 8.42 Å². The quantitative estimate of drug-likeness (QED) is 0.838. The minimum Gasteiger partial charge on any atom is -0.354 e. The number of hydrogen-bond acceptors (Lipinski definition) is 3. The Morgan fingerprint density at radius 1 is 1.33 bits per heavy atom. The van der Waals surface area contributed by atoms with Gasteiger partial charge in [0, 0.05) is 19.0 Å². The van der Waals surface area contributed by atoms with Gasteiger partial charge in [0.05, 0.1) is 11.9 Å². The highest BCUT2D eigenvalue weighted by atomic mass is 32.2. The minimum absolute atomic E-state index is 0.0997. The Labute approximate surface area is 127 Å². The molecule has 0 bridgehead atoms. The number of sulfonamides is 1. The molecule has 0 aliphatic heterocycles. The lowest BCUT2D eigenvalue weighted by molar-refractivity contribution is -0.121. The molecule has 0 saturated heterocycles. The van der Waals surface area contributed by atoms with E-state index in [4.69, 9.17) is 0 Å². The van der Waals surface area contributed by atoms with E-state index in [2.05, 4.69) is 5.32 Å². The number of anilines is 1. The number of para-hydroxylation sites is 1. The Balaban J connectivity index is 2.83. The third-order valence-electron chi connectivity index (χ3n) is 3.35. The predicted molar refractivity (Wildman–Crippen MR) is 85.9 cm³/mol. The fourth-order valence-corrected chi connectivity index (χ4v) is 2.95. The molecule has 0 saturated carbocycles. The van der Waals surface area contributed by atoms with Crippen LogP contribution in [-0.4, -0.2) is 33.2 Å². The number of aryl methyl sites for hydroxylation is 1. The van der Waals surface area contributed by atoms with Crippen LogP contribution in [0.5, 0.6) is 0 Å². The van der Waals surface area contributed by atoms with Crippen LogP contribution in [0.2, 0.25) is 0 Å². The average Bonchev–Trinajstić information content (AvgIpc) is 2.39. The molecule has 0 fully saturated rings. The largest absolute Gasteiger partial charge is 0.354 e. The van der Waals surface area contributed by atoms with Crippen molar-refractivity contribution in [1.82, 2.24) is 5.32 Å². The van der Waals surface area contributed by atoms with E-state index in [1.54, 1.807) is 12.1 Å². The summed E-state index contributed by atoms with van der Waals surface area (Å²) in [6.07, 6.45) is 2.15. The Morgan fingerprint density at radius 2 is 1.95 bits per heavy atom. The van der Waals surface area contributed by atoms with E-state index >= 15 is 0 Å². The third kappa shape index (κ3) is 5.38. The van der Waals surface area contributed by atoms with Crippen LogP contribution in [0, 0.1) is 6.92 Å². The molecule has 1 unspecified atom stereocenters. The number of nitrogens with one attached hydrogen (secondary N) is 1. The van der Waals surface area contributed by atoms with E-state index in [0.29, 0.717) is 5.69 Å². The molecule has 1 aromatic rings. The van der Waals surface area contributed by atoms with E-state index in [0.717, 1.165) is 18.2 Å². The van der Waals surface area contributed by atoms with Gasteiger partial charge < -0.3 is 5.32 Å². The van der Waals surface area contributed by atoms with Crippen LogP contribution in [0.3, 0.4) is 0 Å². The van der Waals surface area contributed by atoms with Crippen molar-refractivity contribution in [2.75, 3.05) is 17.1 Å². The van der Waals surface area contributed by atoms with Gasteiger partial charge >= 0.3 is 0 Å². The second-order valence-corrected chi connectivity index (χ2v) is 7.16. The van der Waals surface area contributed by atoms with E-state index in [9.17, 15) is 13.2 Å². The summed E-state index contributed by atoms with van der Waals surface area (Å²) in [5.74, 6) is -0.133. The fraction of sp³-hybridized carbons (Fsp3) is 0.533. The van der Waals surface area contributed by atoms with Crippen LogP contribution in [0.25, 0.3) is 0 Å². The lowest BCUT2D eigenvalue weighted by Gasteiger charge is -2.24. The van der Waals surface area contributed by atoms with Crippen LogP contribution in [0.1, 0.15) is 32.3 Å². The van der Waals surface area contributed by atoms with Crippen molar-refractivity contribution in [3.8, 4) is 0 Å². The zero-order valence-corrected chi connectivity index (χ0v) is 13.9. The van der Waals surface area contributed by atoms with Crippen molar-refractivity contribution < 1.29 is 13.2 Å². The maximum absolute atomic E-state index is 12.0. The van der Waals surface area contributed by atoms with Crippen LogP contribution in [0.4, 0.5) is 5.69 Å². The number of nitrogens with zero attached hydrogens (tertiary/aromatic N) is 1. The molecule has 1 N–H and O–H groups in total. The second kappa shape index (κ2) is 7.45. The first-order valence-electron chi connectivity index (χ1n) is 7.08. The highest BCUT2D eigenvalue weighted by molar-refractivity contribution is 7.92. The SMILES string of the molecule is CCC(C)NC(=O)CCN(c1ccccc1C)S(C)(=O)=O. The minimum atomic E-state index is -3.42. The molecule has 0 aliphatic rings. The molecule has 5 nitrogen and oxygen atoms in total. The van der Waals surface area contributed by atoms with Crippen molar-refractivity contribution in [2.24, 2.45) is 0 Å². The monoisotopic (exact) mass is 312 g/mol. The van der Waals surface area contributed by atoms with Gasteiger partial charge in [-0.2, -0.15) is 0 Å².